The van der Waals surface area contributed by atoms with Gasteiger partial charge in [0.05, 0.1) is 28.9 Å². The number of anilines is 3. The number of fused-ring (bicyclic) bond motifs is 1. The zero-order valence-electron chi connectivity index (χ0n) is 19.4. The summed E-state index contributed by atoms with van der Waals surface area (Å²) >= 11 is 5.86. The van der Waals surface area contributed by atoms with Crippen molar-refractivity contribution in [3.63, 3.8) is 0 Å². The van der Waals surface area contributed by atoms with E-state index in [9.17, 15) is 27.6 Å². The van der Waals surface area contributed by atoms with Crippen LogP contribution in [-0.2, 0) is 11.0 Å². The zero-order chi connectivity index (χ0) is 27.4. The third-order valence-corrected chi connectivity index (χ3v) is 5.59. The van der Waals surface area contributed by atoms with Crippen molar-refractivity contribution in [3.8, 4) is 11.8 Å². The third-order valence-electron chi connectivity index (χ3n) is 5.30. The van der Waals surface area contributed by atoms with Crippen molar-refractivity contribution in [2.75, 3.05) is 17.7 Å². The van der Waals surface area contributed by atoms with Crippen LogP contribution in [-0.4, -0.2) is 23.0 Å². The quantitative estimate of drug-likeness (QED) is 0.159. The molecule has 0 bridgehead atoms. The molecule has 1 aromatic heterocycles. The van der Waals surface area contributed by atoms with Gasteiger partial charge in [-0.05, 0) is 48.0 Å². The first-order valence-corrected chi connectivity index (χ1v) is 11.1. The third kappa shape index (κ3) is 5.82. The van der Waals surface area contributed by atoms with Gasteiger partial charge in [0.25, 0.3) is 5.91 Å². The summed E-state index contributed by atoms with van der Waals surface area (Å²) in [4.78, 5) is 21.3. The molecule has 0 aliphatic rings. The second-order valence-corrected chi connectivity index (χ2v) is 8.20. The Balaban J connectivity index is 1.65. The number of nitrogens with one attached hydrogen (secondary N) is 2. The first-order valence-electron chi connectivity index (χ1n) is 10.7. The van der Waals surface area contributed by atoms with Crippen LogP contribution < -0.4 is 15.4 Å². The Morgan fingerprint density at radius 2 is 1.84 bits per heavy atom. The Bertz CT molecular complexity index is 1600. The van der Waals surface area contributed by atoms with E-state index in [-0.39, 0.29) is 27.6 Å². The van der Waals surface area contributed by atoms with Gasteiger partial charge in [-0.15, -0.1) is 0 Å². The maximum Gasteiger partial charge on any atom is 0.416 e. The van der Waals surface area contributed by atoms with Crippen molar-refractivity contribution in [3.05, 3.63) is 88.5 Å². The normalized spacial score (nSPS) is 11.7. The molecular weight excluding hydrogens is 526 g/mol. The van der Waals surface area contributed by atoms with Gasteiger partial charge in [-0.1, -0.05) is 23.7 Å². The molecule has 4 aromatic rings. The Kier molecular flexibility index (Phi) is 7.45. The minimum Gasteiger partial charge on any atom is -0.494 e. The van der Waals surface area contributed by atoms with E-state index in [4.69, 9.17) is 16.3 Å². The molecule has 0 atom stereocenters. The predicted octanol–water partition coefficient (Wildman–Crippen LogP) is 6.74. The molecule has 192 valence electrons. The van der Waals surface area contributed by atoms with Crippen LogP contribution in [0.2, 0.25) is 5.02 Å². The molecule has 0 saturated heterocycles. The van der Waals surface area contributed by atoms with Gasteiger partial charge in [0, 0.05) is 17.1 Å². The molecule has 0 fully saturated rings. The summed E-state index contributed by atoms with van der Waals surface area (Å²) in [7, 11) is 1.38. The van der Waals surface area contributed by atoms with E-state index < -0.39 is 23.5 Å². The molecule has 0 radical (unpaired) electrons. The number of hydrogen-bond acceptors (Lipinski definition) is 6. The van der Waals surface area contributed by atoms with Crippen molar-refractivity contribution in [2.45, 2.75) is 6.18 Å². The van der Waals surface area contributed by atoms with Gasteiger partial charge in [0.1, 0.15) is 35.4 Å². The van der Waals surface area contributed by atoms with Crippen LogP contribution in [0.5, 0.6) is 5.75 Å². The minimum atomic E-state index is -4.51. The number of carbonyl (C=O) groups excluding carboxylic acids is 1. The van der Waals surface area contributed by atoms with Crippen LogP contribution in [0.15, 0.2) is 66.5 Å². The highest BCUT2D eigenvalue weighted by molar-refractivity contribution is 6.31. The molecule has 12 heteroatoms. The molecule has 2 N–H and O–H groups in total. The molecule has 0 aliphatic carbocycles. The maximum atomic E-state index is 13.5. The number of ether oxygens (including phenoxy) is 1. The Hall–Kier alpha value is -4.69. The maximum absolute atomic E-state index is 13.5. The number of halogens is 5. The van der Waals surface area contributed by atoms with Gasteiger partial charge < -0.3 is 15.4 Å². The number of nitrogens with zero attached hydrogens (tertiary/aromatic N) is 3. The number of nitriles is 1. The number of benzene rings is 3. The van der Waals surface area contributed by atoms with E-state index in [1.807, 2.05) is 0 Å². The Labute approximate surface area is 218 Å². The Morgan fingerprint density at radius 3 is 2.47 bits per heavy atom. The summed E-state index contributed by atoms with van der Waals surface area (Å²) in [5, 5.41) is 15.5. The molecule has 1 amide bonds. The van der Waals surface area contributed by atoms with Crippen molar-refractivity contribution in [1.29, 1.82) is 5.26 Å². The van der Waals surface area contributed by atoms with Gasteiger partial charge in [-0.2, -0.15) is 18.4 Å². The fourth-order valence-corrected chi connectivity index (χ4v) is 3.61. The number of rotatable bonds is 6. The summed E-state index contributed by atoms with van der Waals surface area (Å²) in [6.45, 7) is 0. The van der Waals surface area contributed by atoms with Crippen LogP contribution in [0.3, 0.4) is 0 Å². The molecule has 1 heterocycles. The molecule has 4 rings (SSSR count). The fraction of sp³-hybridized carbons (Fsp3) is 0.0769. The van der Waals surface area contributed by atoms with Crippen molar-refractivity contribution >= 4 is 51.7 Å². The minimum absolute atomic E-state index is 0.0909. The van der Waals surface area contributed by atoms with Crippen LogP contribution in [0.25, 0.3) is 17.0 Å². The monoisotopic (exact) mass is 541 g/mol. The number of aromatic nitrogens is 2. The number of methoxy groups -OCH3 is 1. The van der Waals surface area contributed by atoms with Crippen LogP contribution in [0.4, 0.5) is 34.8 Å². The second kappa shape index (κ2) is 10.7. The highest BCUT2D eigenvalue weighted by Gasteiger charge is 2.29. The molecule has 0 unspecified atom stereocenters. The van der Waals surface area contributed by atoms with Gasteiger partial charge >= 0.3 is 6.18 Å². The van der Waals surface area contributed by atoms with Gasteiger partial charge in [-0.3, -0.25) is 4.79 Å². The zero-order valence-corrected chi connectivity index (χ0v) is 20.2. The molecular formula is C26H16ClF4N5O2. The van der Waals surface area contributed by atoms with E-state index in [1.54, 1.807) is 12.1 Å². The van der Waals surface area contributed by atoms with Gasteiger partial charge in [0.2, 0.25) is 0 Å². The summed E-state index contributed by atoms with van der Waals surface area (Å²) < 4.78 is 57.3. The van der Waals surface area contributed by atoms with Crippen LogP contribution in [0, 0.1) is 17.1 Å². The van der Waals surface area contributed by atoms with E-state index in [1.165, 1.54) is 37.7 Å². The molecule has 0 spiro atoms. The smallest absolute Gasteiger partial charge is 0.416 e. The first-order chi connectivity index (χ1) is 18.1. The topological polar surface area (TPSA) is 99.9 Å². The first kappa shape index (κ1) is 26.4. The summed E-state index contributed by atoms with van der Waals surface area (Å²) in [5.41, 5.74) is 0.0977. The van der Waals surface area contributed by atoms with Gasteiger partial charge in [0.15, 0.2) is 0 Å². The molecule has 3 aromatic carbocycles. The molecule has 7 nitrogen and oxygen atoms in total. The van der Waals surface area contributed by atoms with Crippen LogP contribution in [0.1, 0.15) is 11.1 Å². The summed E-state index contributed by atoms with van der Waals surface area (Å²) in [6, 6.07) is 12.9. The lowest BCUT2D eigenvalue weighted by atomic mass is 10.1. The standard InChI is InChI=1S/C26H16ClF4N5O2/c1-38-23-11-21-18(24(34-13-33-21)35-17-6-7-20(28)19(27)9-17)10-22(23)36-25(37)15(12-32)8-14-2-4-16(5-3-14)26(29,30)31/h2-11,13H,1H3,(H,36,37)(H,33,34,35). The number of alkyl halides is 3. The largest absolute Gasteiger partial charge is 0.494 e. The summed E-state index contributed by atoms with van der Waals surface area (Å²) in [6.07, 6.45) is -2.05. The molecule has 0 saturated carbocycles. The highest BCUT2D eigenvalue weighted by Crippen LogP contribution is 2.34. The lowest BCUT2D eigenvalue weighted by Crippen LogP contribution is -2.14. The van der Waals surface area contributed by atoms with E-state index in [2.05, 4.69) is 20.6 Å². The summed E-state index contributed by atoms with van der Waals surface area (Å²) in [5.74, 6) is -0.859. The molecule has 0 aliphatic heterocycles. The van der Waals surface area contributed by atoms with E-state index >= 15 is 0 Å². The van der Waals surface area contributed by atoms with Crippen molar-refractivity contribution < 1.29 is 27.1 Å². The highest BCUT2D eigenvalue weighted by atomic mass is 35.5. The average molecular weight is 542 g/mol. The van der Waals surface area contributed by atoms with E-state index in [0.717, 1.165) is 30.3 Å². The number of hydrogen-bond donors (Lipinski definition) is 2. The number of amides is 1. The fourth-order valence-electron chi connectivity index (χ4n) is 3.43. The Morgan fingerprint density at radius 1 is 1.11 bits per heavy atom. The van der Waals surface area contributed by atoms with Crippen LogP contribution >= 0.6 is 11.6 Å². The number of carbonyl (C=O) groups is 1. The SMILES string of the molecule is COc1cc2ncnc(Nc3ccc(F)c(Cl)c3)c2cc1NC(=O)C(C#N)=Cc1ccc(C(F)(F)F)cc1. The lowest BCUT2D eigenvalue weighted by molar-refractivity contribution is -0.137. The van der Waals surface area contributed by atoms with Gasteiger partial charge in [-0.25, -0.2) is 14.4 Å². The average Bonchev–Trinajstić information content (AvgIpc) is 2.89. The molecule has 38 heavy (non-hydrogen) atoms. The van der Waals surface area contributed by atoms with Crippen molar-refractivity contribution in [1.82, 2.24) is 9.97 Å². The van der Waals surface area contributed by atoms with E-state index in [0.29, 0.717) is 22.4 Å². The predicted molar refractivity (Wildman–Crippen MR) is 134 cm³/mol. The second-order valence-electron chi connectivity index (χ2n) is 7.79. The van der Waals surface area contributed by atoms with Crippen molar-refractivity contribution in [2.24, 2.45) is 0 Å². The lowest BCUT2D eigenvalue weighted by Gasteiger charge is -2.14.